The number of aromatic nitrogens is 3. The van der Waals surface area contributed by atoms with Crippen LogP contribution < -0.4 is 4.90 Å². The Morgan fingerprint density at radius 2 is 2.10 bits per heavy atom. The minimum absolute atomic E-state index is 0. The van der Waals surface area contributed by atoms with Gasteiger partial charge in [0.2, 0.25) is 0 Å². The van der Waals surface area contributed by atoms with Crippen LogP contribution in [0.5, 0.6) is 0 Å². The second-order valence-corrected chi connectivity index (χ2v) is 7.73. The Morgan fingerprint density at radius 1 is 1.31 bits per heavy atom. The van der Waals surface area contributed by atoms with Crippen molar-refractivity contribution >= 4 is 45.0 Å². The van der Waals surface area contributed by atoms with Gasteiger partial charge in [0.05, 0.1) is 17.9 Å². The maximum Gasteiger partial charge on any atom is 0.280 e. The molecule has 1 saturated heterocycles. The number of halogens is 2. The SMILES string of the molecule is Cl.Cn1ccc(C(=O)N(CCCN2CCOCC2)c2nc3c(F)cccc3s2)n1. The van der Waals surface area contributed by atoms with Crippen molar-refractivity contribution in [2.45, 2.75) is 6.42 Å². The lowest BCUT2D eigenvalue weighted by molar-refractivity contribution is 0.0376. The van der Waals surface area contributed by atoms with Crippen LogP contribution in [0.3, 0.4) is 0 Å². The number of anilines is 1. The van der Waals surface area contributed by atoms with Crippen LogP contribution >= 0.6 is 23.7 Å². The number of ether oxygens (including phenoxy) is 1. The molecule has 7 nitrogen and oxygen atoms in total. The number of rotatable bonds is 6. The van der Waals surface area contributed by atoms with Crippen LogP contribution in [0.4, 0.5) is 9.52 Å². The summed E-state index contributed by atoms with van der Waals surface area (Å²) >= 11 is 1.32. The second-order valence-electron chi connectivity index (χ2n) is 6.72. The van der Waals surface area contributed by atoms with Crippen LogP contribution in [-0.2, 0) is 11.8 Å². The van der Waals surface area contributed by atoms with Crippen molar-refractivity contribution in [1.29, 1.82) is 0 Å². The lowest BCUT2D eigenvalue weighted by atomic mass is 10.3. The summed E-state index contributed by atoms with van der Waals surface area (Å²) in [5.74, 6) is -0.597. The molecule has 4 rings (SSSR count). The van der Waals surface area contributed by atoms with Crippen molar-refractivity contribution < 1.29 is 13.9 Å². The standard InChI is InChI=1S/C19H22FN5O2S.ClH/c1-23-9-6-15(22-23)18(26)25(8-3-7-24-10-12-27-13-11-24)19-21-17-14(20)4-2-5-16(17)28-19;/h2,4-6,9H,3,7-8,10-13H2,1H3;1H. The van der Waals surface area contributed by atoms with Gasteiger partial charge in [-0.3, -0.25) is 19.3 Å². The van der Waals surface area contributed by atoms with E-state index in [9.17, 15) is 9.18 Å². The first kappa shape index (κ1) is 21.6. The summed E-state index contributed by atoms with van der Waals surface area (Å²) in [5, 5.41) is 4.73. The van der Waals surface area contributed by atoms with Gasteiger partial charge in [-0.15, -0.1) is 12.4 Å². The molecule has 0 saturated carbocycles. The smallest absolute Gasteiger partial charge is 0.280 e. The molecule has 0 bridgehead atoms. The molecule has 0 spiro atoms. The maximum absolute atomic E-state index is 14.1. The number of hydrogen-bond donors (Lipinski definition) is 0. The molecule has 3 aromatic rings. The van der Waals surface area contributed by atoms with Crippen LogP contribution in [0.1, 0.15) is 16.9 Å². The monoisotopic (exact) mass is 439 g/mol. The third kappa shape index (κ3) is 4.92. The molecule has 29 heavy (non-hydrogen) atoms. The van der Waals surface area contributed by atoms with E-state index < -0.39 is 0 Å². The number of benzene rings is 1. The molecular formula is C19H23ClFN5O2S. The van der Waals surface area contributed by atoms with Gasteiger partial charge >= 0.3 is 0 Å². The number of amides is 1. The van der Waals surface area contributed by atoms with E-state index >= 15 is 0 Å². The summed E-state index contributed by atoms with van der Waals surface area (Å²) < 4.78 is 21.8. The molecule has 156 valence electrons. The van der Waals surface area contributed by atoms with Crippen LogP contribution in [0.25, 0.3) is 10.2 Å². The number of fused-ring (bicyclic) bond motifs is 1. The topological polar surface area (TPSA) is 63.5 Å². The predicted octanol–water partition coefficient (Wildman–Crippen LogP) is 2.96. The molecule has 1 aromatic carbocycles. The Balaban J connectivity index is 0.00000240. The molecule has 10 heteroatoms. The maximum atomic E-state index is 14.1. The molecule has 1 amide bonds. The number of hydrogen-bond acceptors (Lipinski definition) is 6. The molecule has 0 aliphatic carbocycles. The van der Waals surface area contributed by atoms with Gasteiger partial charge in [0.25, 0.3) is 5.91 Å². The second kappa shape index (κ2) is 9.62. The van der Waals surface area contributed by atoms with E-state index in [1.54, 1.807) is 35.0 Å². The van der Waals surface area contributed by atoms with Crippen LogP contribution in [0.2, 0.25) is 0 Å². The molecule has 3 heterocycles. The van der Waals surface area contributed by atoms with Gasteiger partial charge in [-0.05, 0) is 24.6 Å². The molecule has 0 unspecified atom stereocenters. The number of para-hydroxylation sites is 1. The summed E-state index contributed by atoms with van der Waals surface area (Å²) in [5.41, 5.74) is 0.656. The Bertz CT molecular complexity index is 973. The van der Waals surface area contributed by atoms with E-state index in [2.05, 4.69) is 15.0 Å². The van der Waals surface area contributed by atoms with Gasteiger partial charge in [0.15, 0.2) is 10.8 Å². The first-order valence-electron chi connectivity index (χ1n) is 9.28. The lowest BCUT2D eigenvalue weighted by Crippen LogP contribution is -2.39. The largest absolute Gasteiger partial charge is 0.379 e. The lowest BCUT2D eigenvalue weighted by Gasteiger charge is -2.27. The normalized spacial score (nSPS) is 14.7. The minimum atomic E-state index is -0.376. The van der Waals surface area contributed by atoms with Crippen molar-refractivity contribution in [3.8, 4) is 0 Å². The van der Waals surface area contributed by atoms with Crippen LogP contribution in [-0.4, -0.2) is 65.0 Å². The third-order valence-corrected chi connectivity index (χ3v) is 5.77. The van der Waals surface area contributed by atoms with E-state index in [0.717, 1.165) is 44.0 Å². The zero-order valence-corrected chi connectivity index (χ0v) is 17.7. The van der Waals surface area contributed by atoms with Gasteiger partial charge < -0.3 is 4.74 Å². The summed E-state index contributed by atoms with van der Waals surface area (Å²) in [4.78, 5) is 21.4. The Morgan fingerprint density at radius 3 is 2.79 bits per heavy atom. The number of carbonyl (C=O) groups is 1. The first-order valence-corrected chi connectivity index (χ1v) is 10.1. The highest BCUT2D eigenvalue weighted by atomic mass is 35.5. The van der Waals surface area contributed by atoms with Crippen LogP contribution in [0.15, 0.2) is 30.5 Å². The summed E-state index contributed by atoms with van der Waals surface area (Å²) in [6, 6.07) is 6.54. The van der Waals surface area contributed by atoms with Crippen molar-refractivity contribution in [3.05, 3.63) is 42.0 Å². The highest BCUT2D eigenvalue weighted by Gasteiger charge is 2.24. The molecule has 0 atom stereocenters. The molecule has 0 radical (unpaired) electrons. The number of nitrogens with zero attached hydrogens (tertiary/aromatic N) is 5. The number of aryl methyl sites for hydroxylation is 1. The molecule has 1 aliphatic heterocycles. The van der Waals surface area contributed by atoms with Gasteiger partial charge in [0.1, 0.15) is 11.3 Å². The average Bonchev–Trinajstić information content (AvgIpc) is 3.33. The molecule has 0 N–H and O–H groups in total. The number of carbonyl (C=O) groups excluding carboxylic acids is 1. The fourth-order valence-electron chi connectivity index (χ4n) is 3.25. The first-order chi connectivity index (χ1) is 13.6. The van der Waals surface area contributed by atoms with Crippen molar-refractivity contribution in [3.63, 3.8) is 0 Å². The number of thiazole rings is 1. The highest BCUT2D eigenvalue weighted by Crippen LogP contribution is 2.31. The zero-order chi connectivity index (χ0) is 19.5. The fourth-order valence-corrected chi connectivity index (χ4v) is 4.25. The summed E-state index contributed by atoms with van der Waals surface area (Å²) in [6.07, 6.45) is 2.52. The predicted molar refractivity (Wildman–Crippen MR) is 114 cm³/mol. The van der Waals surface area contributed by atoms with E-state index in [1.165, 1.54) is 17.4 Å². The van der Waals surface area contributed by atoms with E-state index in [1.807, 2.05) is 6.07 Å². The van der Waals surface area contributed by atoms with Gasteiger partial charge in [-0.25, -0.2) is 9.37 Å². The van der Waals surface area contributed by atoms with E-state index in [0.29, 0.717) is 22.9 Å². The molecular weight excluding hydrogens is 417 g/mol. The van der Waals surface area contributed by atoms with Crippen molar-refractivity contribution in [2.75, 3.05) is 44.3 Å². The quantitative estimate of drug-likeness (QED) is 0.591. The van der Waals surface area contributed by atoms with Crippen molar-refractivity contribution in [1.82, 2.24) is 19.7 Å². The van der Waals surface area contributed by atoms with Crippen molar-refractivity contribution in [2.24, 2.45) is 7.05 Å². The Hall–Kier alpha value is -2.07. The Kier molecular flexibility index (Phi) is 7.18. The van der Waals surface area contributed by atoms with Gasteiger partial charge in [0, 0.05) is 39.4 Å². The molecule has 2 aromatic heterocycles. The Labute approximate surface area is 178 Å². The van der Waals surface area contributed by atoms with E-state index in [-0.39, 0.29) is 24.1 Å². The summed E-state index contributed by atoms with van der Waals surface area (Å²) in [7, 11) is 1.77. The van der Waals surface area contributed by atoms with Crippen LogP contribution in [0, 0.1) is 5.82 Å². The van der Waals surface area contributed by atoms with E-state index in [4.69, 9.17) is 4.74 Å². The third-order valence-electron chi connectivity index (χ3n) is 4.73. The van der Waals surface area contributed by atoms with Gasteiger partial charge in [-0.1, -0.05) is 17.4 Å². The molecule has 1 fully saturated rings. The minimum Gasteiger partial charge on any atom is -0.379 e. The van der Waals surface area contributed by atoms with Gasteiger partial charge in [-0.2, -0.15) is 5.10 Å². The zero-order valence-electron chi connectivity index (χ0n) is 16.1. The fraction of sp³-hybridized carbons (Fsp3) is 0.421. The number of morpholine rings is 1. The molecule has 1 aliphatic rings. The average molecular weight is 440 g/mol. The highest BCUT2D eigenvalue weighted by molar-refractivity contribution is 7.22. The summed E-state index contributed by atoms with van der Waals surface area (Å²) in [6.45, 7) is 4.66.